The molecule has 86 valence electrons. The van der Waals surface area contributed by atoms with Crippen molar-refractivity contribution in [2.24, 2.45) is 12.0 Å². The lowest BCUT2D eigenvalue weighted by Gasteiger charge is -2.07. The highest BCUT2D eigenvalue weighted by Gasteiger charge is 2.44. The first-order chi connectivity index (χ1) is 8.16. The summed E-state index contributed by atoms with van der Waals surface area (Å²) in [5.74, 6) is 0. The molecule has 1 fully saturated rings. The van der Waals surface area contributed by atoms with Gasteiger partial charge in [-0.3, -0.25) is 4.68 Å². The van der Waals surface area contributed by atoms with Crippen LogP contribution in [0.3, 0.4) is 0 Å². The van der Waals surface area contributed by atoms with Crippen molar-refractivity contribution in [1.29, 1.82) is 0 Å². The second-order valence-electron chi connectivity index (χ2n) is 4.38. The number of nitrogens with zero attached hydrogens (tertiary/aromatic N) is 3. The largest absolute Gasteiger partial charge is 0.266 e. The molecule has 1 heterocycles. The Morgan fingerprint density at radius 3 is 2.94 bits per heavy atom. The Morgan fingerprint density at radius 2 is 2.29 bits per heavy atom. The average Bonchev–Trinajstić information content (AvgIpc) is 3.04. The fourth-order valence-corrected chi connectivity index (χ4v) is 2.45. The third-order valence-corrected chi connectivity index (χ3v) is 3.61. The first-order valence-electron chi connectivity index (χ1n) is 5.38. The van der Waals surface area contributed by atoms with Gasteiger partial charge in [0.25, 0.3) is 0 Å². The summed E-state index contributed by atoms with van der Waals surface area (Å²) in [5.41, 5.74) is 1.64. The highest BCUT2D eigenvalue weighted by molar-refractivity contribution is 6.34. The molecule has 1 aromatic heterocycles. The summed E-state index contributed by atoms with van der Waals surface area (Å²) in [6.45, 7) is 0. The normalized spacial score (nSPS) is 16.8. The molecule has 0 spiro atoms. The number of hydrogen-bond acceptors (Lipinski definition) is 3. The number of isocyanates is 1. The smallest absolute Gasteiger partial charge is 0.235 e. The third-order valence-electron chi connectivity index (χ3n) is 3.33. The van der Waals surface area contributed by atoms with E-state index in [0.29, 0.717) is 5.15 Å². The zero-order valence-corrected chi connectivity index (χ0v) is 10.0. The summed E-state index contributed by atoms with van der Waals surface area (Å²) in [7, 11) is 1.85. The lowest BCUT2D eigenvalue weighted by atomic mass is 10.0. The zero-order valence-electron chi connectivity index (χ0n) is 9.27. The number of aliphatic imine (C=N–C) groups is 1. The van der Waals surface area contributed by atoms with E-state index in [1.807, 2.05) is 25.2 Å². The Kier molecular flexibility index (Phi) is 2.12. The number of hydrogen-bond donors (Lipinski definition) is 0. The number of aromatic nitrogens is 2. The summed E-state index contributed by atoms with van der Waals surface area (Å²) in [4.78, 5) is 14.3. The molecule has 4 nitrogen and oxygen atoms in total. The minimum absolute atomic E-state index is 0.352. The quantitative estimate of drug-likeness (QED) is 0.605. The molecule has 17 heavy (non-hydrogen) atoms. The maximum Gasteiger partial charge on any atom is 0.235 e. The topological polar surface area (TPSA) is 47.2 Å². The Balaban J connectivity index is 2.20. The van der Waals surface area contributed by atoms with Gasteiger partial charge in [0.2, 0.25) is 6.08 Å². The molecule has 0 unspecified atom stereocenters. The van der Waals surface area contributed by atoms with Gasteiger partial charge in [-0.15, -0.1) is 0 Å². The molecule has 1 aromatic carbocycles. The molecule has 1 aliphatic carbocycles. The molecule has 3 rings (SSSR count). The molecule has 0 bridgehead atoms. The lowest BCUT2D eigenvalue weighted by molar-refractivity contribution is 0.556. The standard InChI is InChI=1S/C12H10ClN3O/c1-16-10-3-2-8(6-9(10)11(13)15-16)12(4-5-12)14-7-17/h2-3,6H,4-5H2,1H3. The molecule has 0 N–H and O–H groups in total. The molecule has 2 aromatic rings. The van der Waals surface area contributed by atoms with Crippen LogP contribution in [0.15, 0.2) is 23.2 Å². The Morgan fingerprint density at radius 1 is 1.53 bits per heavy atom. The van der Waals surface area contributed by atoms with Crippen LogP contribution in [0.25, 0.3) is 10.9 Å². The van der Waals surface area contributed by atoms with Crippen LogP contribution in [-0.2, 0) is 17.4 Å². The van der Waals surface area contributed by atoms with E-state index < -0.39 is 0 Å². The van der Waals surface area contributed by atoms with E-state index in [9.17, 15) is 4.79 Å². The molecular formula is C12H10ClN3O. The van der Waals surface area contributed by atoms with Crippen molar-refractivity contribution in [2.75, 3.05) is 0 Å². The van der Waals surface area contributed by atoms with Crippen LogP contribution >= 0.6 is 11.6 Å². The summed E-state index contributed by atoms with van der Waals surface area (Å²) in [5, 5.41) is 5.54. The molecule has 1 saturated carbocycles. The van der Waals surface area contributed by atoms with Crippen molar-refractivity contribution in [3.8, 4) is 0 Å². The lowest BCUT2D eigenvalue weighted by Crippen LogP contribution is -2.01. The Hall–Kier alpha value is -1.64. The number of fused-ring (bicyclic) bond motifs is 1. The highest BCUT2D eigenvalue weighted by atomic mass is 35.5. The predicted octanol–water partition coefficient (Wildman–Crippen LogP) is 2.55. The molecular weight excluding hydrogens is 238 g/mol. The molecule has 0 amide bonds. The number of rotatable bonds is 2. The first kappa shape index (κ1) is 10.5. The van der Waals surface area contributed by atoms with Crippen molar-refractivity contribution in [1.82, 2.24) is 9.78 Å². The van der Waals surface area contributed by atoms with Crippen LogP contribution < -0.4 is 0 Å². The van der Waals surface area contributed by atoms with Gasteiger partial charge in [0.05, 0.1) is 11.1 Å². The van der Waals surface area contributed by atoms with Gasteiger partial charge in [-0.1, -0.05) is 17.7 Å². The molecule has 0 aliphatic heterocycles. The van der Waals surface area contributed by atoms with Crippen molar-refractivity contribution < 1.29 is 4.79 Å². The zero-order chi connectivity index (χ0) is 12.0. The van der Waals surface area contributed by atoms with Crippen molar-refractivity contribution >= 4 is 28.6 Å². The molecule has 1 aliphatic rings. The Bertz CT molecular complexity index is 651. The summed E-state index contributed by atoms with van der Waals surface area (Å²) < 4.78 is 1.74. The van der Waals surface area contributed by atoms with E-state index in [-0.39, 0.29) is 5.54 Å². The second kappa shape index (κ2) is 3.42. The second-order valence-corrected chi connectivity index (χ2v) is 4.74. The molecule has 5 heteroatoms. The van der Waals surface area contributed by atoms with Gasteiger partial charge in [-0.2, -0.15) is 10.1 Å². The van der Waals surface area contributed by atoms with Gasteiger partial charge < -0.3 is 0 Å². The van der Waals surface area contributed by atoms with E-state index in [1.54, 1.807) is 10.8 Å². The maximum atomic E-state index is 10.4. The van der Waals surface area contributed by atoms with Crippen molar-refractivity contribution in [2.45, 2.75) is 18.4 Å². The van der Waals surface area contributed by atoms with Crippen LogP contribution in [-0.4, -0.2) is 15.9 Å². The van der Waals surface area contributed by atoms with Gasteiger partial charge in [0, 0.05) is 12.4 Å². The van der Waals surface area contributed by atoms with Gasteiger partial charge in [0.1, 0.15) is 0 Å². The third kappa shape index (κ3) is 1.49. The van der Waals surface area contributed by atoms with Crippen LogP contribution in [0.5, 0.6) is 0 Å². The van der Waals surface area contributed by atoms with Crippen molar-refractivity contribution in [3.63, 3.8) is 0 Å². The minimum atomic E-state index is -0.352. The fraction of sp³-hybridized carbons (Fsp3) is 0.333. The Labute approximate surface area is 103 Å². The van der Waals surface area contributed by atoms with E-state index in [2.05, 4.69) is 10.1 Å². The van der Waals surface area contributed by atoms with Gasteiger partial charge >= 0.3 is 0 Å². The van der Waals surface area contributed by atoms with Crippen LogP contribution in [0.4, 0.5) is 0 Å². The fourth-order valence-electron chi connectivity index (χ4n) is 2.18. The van der Waals surface area contributed by atoms with Gasteiger partial charge in [-0.05, 0) is 30.5 Å². The summed E-state index contributed by atoms with van der Waals surface area (Å²) in [6.07, 6.45) is 3.45. The minimum Gasteiger partial charge on any atom is -0.266 e. The molecule has 0 saturated heterocycles. The monoisotopic (exact) mass is 247 g/mol. The number of benzene rings is 1. The van der Waals surface area contributed by atoms with E-state index >= 15 is 0 Å². The number of aryl methyl sites for hydroxylation is 1. The van der Waals surface area contributed by atoms with Gasteiger partial charge in [0.15, 0.2) is 5.15 Å². The van der Waals surface area contributed by atoms with E-state index in [4.69, 9.17) is 11.6 Å². The van der Waals surface area contributed by atoms with E-state index in [0.717, 1.165) is 29.3 Å². The van der Waals surface area contributed by atoms with Crippen LogP contribution in [0.1, 0.15) is 18.4 Å². The van der Waals surface area contributed by atoms with Crippen LogP contribution in [0, 0.1) is 0 Å². The molecule has 0 atom stereocenters. The number of carbonyl (C=O) groups excluding carboxylic acids is 1. The van der Waals surface area contributed by atoms with E-state index in [1.165, 1.54) is 0 Å². The van der Waals surface area contributed by atoms with Crippen LogP contribution in [0.2, 0.25) is 5.15 Å². The SMILES string of the molecule is Cn1nc(Cl)c2cc(C3(N=C=O)CC3)ccc21. The first-order valence-corrected chi connectivity index (χ1v) is 5.76. The molecule has 0 radical (unpaired) electrons. The van der Waals surface area contributed by atoms with Crippen molar-refractivity contribution in [3.05, 3.63) is 28.9 Å². The maximum absolute atomic E-state index is 10.4. The highest BCUT2D eigenvalue weighted by Crippen LogP contribution is 2.49. The van der Waals surface area contributed by atoms with Gasteiger partial charge in [-0.25, -0.2) is 4.79 Å². The predicted molar refractivity (Wildman–Crippen MR) is 64.8 cm³/mol. The number of halogens is 1. The summed E-state index contributed by atoms with van der Waals surface area (Å²) in [6, 6.07) is 5.91. The summed E-state index contributed by atoms with van der Waals surface area (Å²) >= 11 is 6.06. The average molecular weight is 248 g/mol.